The van der Waals surface area contributed by atoms with E-state index in [1.165, 1.54) is 0 Å². The van der Waals surface area contributed by atoms with Crippen molar-refractivity contribution in [2.24, 2.45) is 0 Å². The fourth-order valence-electron chi connectivity index (χ4n) is 1.63. The lowest BCUT2D eigenvalue weighted by molar-refractivity contribution is 0.199. The van der Waals surface area contributed by atoms with E-state index in [-0.39, 0.29) is 5.75 Å². The fraction of sp³-hybridized carbons (Fsp3) is 1.00. The summed E-state index contributed by atoms with van der Waals surface area (Å²) in [5, 5.41) is 3.18. The highest BCUT2D eigenvalue weighted by atomic mass is 32.2. The van der Waals surface area contributed by atoms with E-state index in [4.69, 9.17) is 4.74 Å². The number of hydrogen-bond acceptors (Lipinski definition) is 4. The van der Waals surface area contributed by atoms with E-state index in [1.54, 1.807) is 7.11 Å². The molecule has 0 aromatic rings. The molecule has 0 amide bonds. The predicted octanol–water partition coefficient (Wildman–Crippen LogP) is 1.22. The van der Waals surface area contributed by atoms with E-state index < -0.39 is 9.84 Å². The first-order valence-electron chi connectivity index (χ1n) is 5.92. The van der Waals surface area contributed by atoms with Gasteiger partial charge in [0.05, 0.1) is 11.5 Å². The van der Waals surface area contributed by atoms with Crippen LogP contribution in [0, 0.1) is 0 Å². The molecule has 0 aliphatic carbocycles. The minimum absolute atomic E-state index is 0.247. The summed E-state index contributed by atoms with van der Waals surface area (Å²) < 4.78 is 28.0. The molecule has 5 heteroatoms. The Bertz CT molecular complexity index is 248. The first kappa shape index (κ1) is 15.9. The fourth-order valence-corrected chi connectivity index (χ4v) is 3.00. The van der Waals surface area contributed by atoms with Crippen molar-refractivity contribution in [2.75, 3.05) is 32.3 Å². The van der Waals surface area contributed by atoms with E-state index >= 15 is 0 Å². The molecule has 0 bridgehead atoms. The molecule has 1 unspecified atom stereocenters. The van der Waals surface area contributed by atoms with Crippen LogP contribution in [0.1, 0.15) is 32.6 Å². The standard InChI is InChI=1S/C11H25NO3S/c1-4-11(12-2)7-5-9-16(13,14)10-6-8-15-3/h11-12H,4-10H2,1-3H3. The molecule has 0 aromatic carbocycles. The van der Waals surface area contributed by atoms with Crippen LogP contribution in [0.15, 0.2) is 0 Å². The van der Waals surface area contributed by atoms with Gasteiger partial charge in [-0.2, -0.15) is 0 Å². The van der Waals surface area contributed by atoms with E-state index in [1.807, 2.05) is 7.05 Å². The molecule has 0 rings (SSSR count). The van der Waals surface area contributed by atoms with Crippen molar-refractivity contribution in [1.82, 2.24) is 5.32 Å². The topological polar surface area (TPSA) is 55.4 Å². The van der Waals surface area contributed by atoms with Crippen LogP contribution in [0.4, 0.5) is 0 Å². The van der Waals surface area contributed by atoms with Gasteiger partial charge in [0.25, 0.3) is 0 Å². The van der Waals surface area contributed by atoms with Gasteiger partial charge in [-0.1, -0.05) is 6.92 Å². The van der Waals surface area contributed by atoms with Crippen molar-refractivity contribution in [3.05, 3.63) is 0 Å². The molecule has 4 nitrogen and oxygen atoms in total. The summed E-state index contributed by atoms with van der Waals surface area (Å²) in [6.07, 6.45) is 3.31. The Labute approximate surface area is 99.7 Å². The zero-order valence-electron chi connectivity index (χ0n) is 10.7. The van der Waals surface area contributed by atoms with Crippen molar-refractivity contribution < 1.29 is 13.2 Å². The van der Waals surface area contributed by atoms with Gasteiger partial charge in [0.2, 0.25) is 0 Å². The Morgan fingerprint density at radius 1 is 1.25 bits per heavy atom. The molecular formula is C11H25NO3S. The molecular weight excluding hydrogens is 226 g/mol. The molecule has 0 spiro atoms. The largest absolute Gasteiger partial charge is 0.385 e. The second kappa shape index (κ2) is 8.96. The first-order chi connectivity index (χ1) is 7.55. The number of methoxy groups -OCH3 is 1. The summed E-state index contributed by atoms with van der Waals surface area (Å²) >= 11 is 0. The Hall–Kier alpha value is -0.130. The SMILES string of the molecule is CCC(CCCS(=O)(=O)CCCOC)NC. The van der Waals surface area contributed by atoms with E-state index in [2.05, 4.69) is 12.2 Å². The maximum absolute atomic E-state index is 11.6. The van der Waals surface area contributed by atoms with Crippen LogP contribution < -0.4 is 5.32 Å². The predicted molar refractivity (Wildman–Crippen MR) is 67.5 cm³/mol. The average Bonchev–Trinajstić information content (AvgIpc) is 2.24. The number of ether oxygens (including phenoxy) is 1. The van der Waals surface area contributed by atoms with Crippen molar-refractivity contribution >= 4 is 9.84 Å². The number of nitrogens with one attached hydrogen (secondary N) is 1. The molecule has 0 radical (unpaired) electrons. The molecule has 0 saturated heterocycles. The van der Waals surface area contributed by atoms with Crippen molar-refractivity contribution in [1.29, 1.82) is 0 Å². The van der Waals surface area contributed by atoms with Gasteiger partial charge in [-0.05, 0) is 32.7 Å². The van der Waals surface area contributed by atoms with E-state index in [0.29, 0.717) is 24.8 Å². The molecule has 98 valence electrons. The lowest BCUT2D eigenvalue weighted by atomic mass is 10.1. The third-order valence-electron chi connectivity index (χ3n) is 2.71. The third-order valence-corrected chi connectivity index (χ3v) is 4.53. The molecule has 0 aliphatic rings. The molecule has 0 fully saturated rings. The highest BCUT2D eigenvalue weighted by Crippen LogP contribution is 2.05. The van der Waals surface area contributed by atoms with Gasteiger partial charge in [-0.25, -0.2) is 8.42 Å². The van der Waals surface area contributed by atoms with E-state index in [9.17, 15) is 8.42 Å². The minimum Gasteiger partial charge on any atom is -0.385 e. The smallest absolute Gasteiger partial charge is 0.150 e. The van der Waals surface area contributed by atoms with Crippen LogP contribution in [0.2, 0.25) is 0 Å². The Balaban J connectivity index is 3.73. The summed E-state index contributed by atoms with van der Waals surface area (Å²) in [4.78, 5) is 0. The van der Waals surface area contributed by atoms with Gasteiger partial charge in [0, 0.05) is 19.8 Å². The lowest BCUT2D eigenvalue weighted by Crippen LogP contribution is -2.25. The van der Waals surface area contributed by atoms with Crippen molar-refractivity contribution in [3.63, 3.8) is 0 Å². The zero-order valence-corrected chi connectivity index (χ0v) is 11.5. The summed E-state index contributed by atoms with van der Waals surface area (Å²) in [6.45, 7) is 2.63. The van der Waals surface area contributed by atoms with Gasteiger partial charge < -0.3 is 10.1 Å². The van der Waals surface area contributed by atoms with Crippen LogP contribution in [0.25, 0.3) is 0 Å². The molecule has 16 heavy (non-hydrogen) atoms. The van der Waals surface area contributed by atoms with Crippen LogP contribution in [-0.2, 0) is 14.6 Å². The van der Waals surface area contributed by atoms with Crippen molar-refractivity contribution in [2.45, 2.75) is 38.6 Å². The zero-order chi connectivity index (χ0) is 12.4. The molecule has 0 heterocycles. The van der Waals surface area contributed by atoms with Gasteiger partial charge in [0.15, 0.2) is 0 Å². The van der Waals surface area contributed by atoms with Gasteiger partial charge in [-0.15, -0.1) is 0 Å². The second-order valence-electron chi connectivity index (χ2n) is 4.03. The molecule has 1 atom stereocenters. The number of sulfone groups is 1. The highest BCUT2D eigenvalue weighted by molar-refractivity contribution is 7.91. The van der Waals surface area contributed by atoms with Gasteiger partial charge in [-0.3, -0.25) is 0 Å². The normalized spacial score (nSPS) is 13.9. The summed E-state index contributed by atoms with van der Waals surface area (Å²) in [7, 11) is 0.633. The van der Waals surface area contributed by atoms with Crippen LogP contribution >= 0.6 is 0 Å². The summed E-state index contributed by atoms with van der Waals surface area (Å²) in [5.74, 6) is 0.548. The quantitative estimate of drug-likeness (QED) is 0.593. The van der Waals surface area contributed by atoms with E-state index in [0.717, 1.165) is 19.3 Å². The lowest BCUT2D eigenvalue weighted by Gasteiger charge is -2.13. The Morgan fingerprint density at radius 3 is 2.38 bits per heavy atom. The molecule has 0 aromatic heterocycles. The maximum atomic E-state index is 11.6. The number of hydrogen-bond donors (Lipinski definition) is 1. The summed E-state index contributed by atoms with van der Waals surface area (Å²) in [6, 6.07) is 0.439. The van der Waals surface area contributed by atoms with Crippen LogP contribution in [-0.4, -0.2) is 46.7 Å². The third kappa shape index (κ3) is 8.07. The summed E-state index contributed by atoms with van der Waals surface area (Å²) in [5.41, 5.74) is 0. The maximum Gasteiger partial charge on any atom is 0.150 e. The Morgan fingerprint density at radius 2 is 1.88 bits per heavy atom. The molecule has 0 saturated carbocycles. The van der Waals surface area contributed by atoms with Crippen molar-refractivity contribution in [3.8, 4) is 0 Å². The van der Waals surface area contributed by atoms with Crippen LogP contribution in [0.3, 0.4) is 0 Å². The molecule has 0 aliphatic heterocycles. The second-order valence-corrected chi connectivity index (χ2v) is 6.34. The monoisotopic (exact) mass is 251 g/mol. The van der Waals surface area contributed by atoms with Crippen LogP contribution in [0.5, 0.6) is 0 Å². The Kier molecular flexibility index (Phi) is 8.89. The first-order valence-corrected chi connectivity index (χ1v) is 7.74. The van der Waals surface area contributed by atoms with Gasteiger partial charge >= 0.3 is 0 Å². The minimum atomic E-state index is -2.87. The van der Waals surface area contributed by atoms with Gasteiger partial charge in [0.1, 0.15) is 9.84 Å². The highest BCUT2D eigenvalue weighted by Gasteiger charge is 2.11. The number of rotatable bonds is 10. The average molecular weight is 251 g/mol. The molecule has 1 N–H and O–H groups in total.